The summed E-state index contributed by atoms with van der Waals surface area (Å²) in [5, 5.41) is 13.9. The summed E-state index contributed by atoms with van der Waals surface area (Å²) in [5.41, 5.74) is 0. The summed E-state index contributed by atoms with van der Waals surface area (Å²) in [5.74, 6) is -0.195. The molecule has 0 fully saturated rings. The number of phosphoric ester groups is 1. The quantitative estimate of drug-likeness (QED) is 0.0243. The van der Waals surface area contributed by atoms with Crippen LogP contribution in [0, 0.1) is 0 Å². The Bertz CT molecular complexity index is 1420. The number of hydrogen-bond acceptors (Lipinski definition) is 5. The number of phosphoric acid groups is 1. The van der Waals surface area contributed by atoms with Gasteiger partial charge in [-0.3, -0.25) is 13.8 Å². The summed E-state index contributed by atoms with van der Waals surface area (Å²) in [6.45, 7) is 4.67. The first kappa shape index (κ1) is 65.4. The third-order valence-electron chi connectivity index (χ3n) is 11.8. The van der Waals surface area contributed by atoms with Crippen molar-refractivity contribution >= 4 is 13.7 Å². The third-order valence-corrected chi connectivity index (χ3v) is 12.8. The average molecular weight is 970 g/mol. The zero-order chi connectivity index (χ0) is 49.9. The second-order valence-corrected chi connectivity index (χ2v) is 21.0. The standard InChI is InChI=1S/C59H105N2O6P/c1-6-8-10-12-14-16-18-20-22-24-25-26-27-28-29-30-31-32-33-34-35-37-39-41-43-45-47-49-51-53-59(63)60-57(56-67-68(64,65)66-55-54-61(3,4)5)58(62)52-50-48-46-44-42-40-38-36-23-21-19-17-15-13-11-9-7-2/h8,10,14,16,20,22,25-26,28-29,31-32,42,44,50,52,57-58,62H,6-7,9,11-13,15,17-19,21,23-24,27,30,33-41,43,45-49,51,53-56H2,1-5H3,(H-,60,63,64,65)/p+1/b10-8-,16-14-,22-20-,26-25-,29-28-,32-31-,44-42+,52-50+. The highest BCUT2D eigenvalue weighted by atomic mass is 31.2. The fraction of sp³-hybridized carbons (Fsp3) is 0.712. The van der Waals surface area contributed by atoms with E-state index in [-0.39, 0.29) is 19.1 Å². The molecule has 0 radical (unpaired) electrons. The van der Waals surface area contributed by atoms with Gasteiger partial charge >= 0.3 is 7.82 Å². The lowest BCUT2D eigenvalue weighted by Gasteiger charge is -2.25. The number of amides is 1. The number of allylic oxidation sites excluding steroid dienone is 15. The number of hydrogen-bond donors (Lipinski definition) is 3. The number of nitrogens with one attached hydrogen (secondary N) is 1. The predicted molar refractivity (Wildman–Crippen MR) is 295 cm³/mol. The summed E-state index contributed by atoms with van der Waals surface area (Å²) < 4.78 is 23.7. The minimum atomic E-state index is -4.36. The van der Waals surface area contributed by atoms with Crippen LogP contribution in [0.1, 0.15) is 219 Å². The molecule has 0 aliphatic carbocycles. The van der Waals surface area contributed by atoms with E-state index in [1.807, 2.05) is 27.2 Å². The molecule has 0 rings (SSSR count). The first-order chi connectivity index (χ1) is 33.0. The van der Waals surface area contributed by atoms with Crippen LogP contribution in [0.25, 0.3) is 0 Å². The van der Waals surface area contributed by atoms with Crippen LogP contribution in [0.3, 0.4) is 0 Å². The highest BCUT2D eigenvalue weighted by molar-refractivity contribution is 7.47. The highest BCUT2D eigenvalue weighted by Crippen LogP contribution is 2.43. The van der Waals surface area contributed by atoms with Gasteiger partial charge in [0.25, 0.3) is 0 Å². The van der Waals surface area contributed by atoms with Crippen LogP contribution in [-0.4, -0.2) is 73.4 Å². The molecule has 0 aromatic rings. The van der Waals surface area contributed by atoms with E-state index >= 15 is 0 Å². The van der Waals surface area contributed by atoms with Gasteiger partial charge in [0.1, 0.15) is 13.2 Å². The number of carbonyl (C=O) groups is 1. The van der Waals surface area contributed by atoms with Gasteiger partial charge in [-0.15, -0.1) is 0 Å². The van der Waals surface area contributed by atoms with E-state index in [0.29, 0.717) is 17.4 Å². The molecule has 0 aliphatic heterocycles. The smallest absolute Gasteiger partial charge is 0.387 e. The molecule has 0 bridgehead atoms. The minimum Gasteiger partial charge on any atom is -0.387 e. The van der Waals surface area contributed by atoms with Crippen LogP contribution >= 0.6 is 7.82 Å². The molecule has 0 heterocycles. The number of aliphatic hydroxyl groups excluding tert-OH is 1. The van der Waals surface area contributed by atoms with Crippen molar-refractivity contribution in [1.29, 1.82) is 0 Å². The Morgan fingerprint density at radius 3 is 1.35 bits per heavy atom. The van der Waals surface area contributed by atoms with E-state index in [4.69, 9.17) is 9.05 Å². The number of likely N-dealkylation sites (N-methyl/N-ethyl adjacent to an activating group) is 1. The Balaban J connectivity index is 4.27. The molecule has 0 aromatic heterocycles. The summed E-state index contributed by atoms with van der Waals surface area (Å²) in [6.07, 6.45) is 70.7. The molecule has 392 valence electrons. The Labute approximate surface area is 419 Å². The molecular formula is C59H106N2O6P+. The lowest BCUT2D eigenvalue weighted by atomic mass is 10.0. The molecule has 8 nitrogen and oxygen atoms in total. The van der Waals surface area contributed by atoms with Gasteiger partial charge in [-0.1, -0.05) is 227 Å². The molecular weight excluding hydrogens is 864 g/mol. The zero-order valence-electron chi connectivity index (χ0n) is 44.6. The van der Waals surface area contributed by atoms with Crippen molar-refractivity contribution in [2.75, 3.05) is 40.9 Å². The van der Waals surface area contributed by atoms with Gasteiger partial charge in [-0.25, -0.2) is 4.57 Å². The zero-order valence-corrected chi connectivity index (χ0v) is 45.5. The van der Waals surface area contributed by atoms with Crippen LogP contribution in [0.15, 0.2) is 97.2 Å². The first-order valence-electron chi connectivity index (χ1n) is 27.6. The van der Waals surface area contributed by atoms with E-state index in [0.717, 1.165) is 83.5 Å². The Hall–Kier alpha value is -2.58. The van der Waals surface area contributed by atoms with Crippen LogP contribution in [0.5, 0.6) is 0 Å². The number of carbonyl (C=O) groups excluding carboxylic acids is 1. The molecule has 9 heteroatoms. The van der Waals surface area contributed by atoms with E-state index < -0.39 is 20.0 Å². The van der Waals surface area contributed by atoms with Crippen molar-refractivity contribution in [3.05, 3.63) is 97.2 Å². The molecule has 0 saturated heterocycles. The number of rotatable bonds is 49. The molecule has 0 aromatic carbocycles. The van der Waals surface area contributed by atoms with Gasteiger partial charge in [0, 0.05) is 6.42 Å². The lowest BCUT2D eigenvalue weighted by Crippen LogP contribution is -2.45. The molecule has 0 spiro atoms. The Morgan fingerprint density at radius 2 is 0.897 bits per heavy atom. The summed E-state index contributed by atoms with van der Waals surface area (Å²) in [6, 6.07) is -0.872. The van der Waals surface area contributed by atoms with Crippen LogP contribution < -0.4 is 5.32 Å². The fourth-order valence-corrected chi connectivity index (χ4v) is 8.21. The van der Waals surface area contributed by atoms with Gasteiger partial charge in [0.15, 0.2) is 0 Å². The van der Waals surface area contributed by atoms with Gasteiger partial charge in [0.05, 0.1) is 39.9 Å². The van der Waals surface area contributed by atoms with Gasteiger partial charge in [0.2, 0.25) is 5.91 Å². The largest absolute Gasteiger partial charge is 0.472 e. The van der Waals surface area contributed by atoms with Gasteiger partial charge < -0.3 is 19.8 Å². The van der Waals surface area contributed by atoms with Crippen LogP contribution in [0.4, 0.5) is 0 Å². The van der Waals surface area contributed by atoms with Crippen LogP contribution in [-0.2, 0) is 18.4 Å². The van der Waals surface area contributed by atoms with E-state index in [1.165, 1.54) is 116 Å². The number of aliphatic hydroxyl groups is 1. The normalized spacial score (nSPS) is 14.8. The predicted octanol–water partition coefficient (Wildman–Crippen LogP) is 16.6. The third kappa shape index (κ3) is 51.3. The molecule has 0 saturated carbocycles. The lowest BCUT2D eigenvalue weighted by molar-refractivity contribution is -0.870. The molecule has 3 unspecified atom stereocenters. The van der Waals surface area contributed by atoms with Crippen molar-refractivity contribution in [1.82, 2.24) is 5.32 Å². The molecule has 1 amide bonds. The van der Waals surface area contributed by atoms with Crippen molar-refractivity contribution in [2.24, 2.45) is 0 Å². The van der Waals surface area contributed by atoms with Crippen molar-refractivity contribution in [3.8, 4) is 0 Å². The minimum absolute atomic E-state index is 0.0509. The van der Waals surface area contributed by atoms with Gasteiger partial charge in [-0.2, -0.15) is 0 Å². The fourth-order valence-electron chi connectivity index (χ4n) is 7.47. The topological polar surface area (TPSA) is 105 Å². The maximum Gasteiger partial charge on any atom is 0.472 e. The molecule has 0 aliphatic rings. The number of unbranched alkanes of at least 4 members (excludes halogenated alkanes) is 22. The second kappa shape index (κ2) is 49.4. The molecule has 68 heavy (non-hydrogen) atoms. The molecule has 3 atom stereocenters. The van der Waals surface area contributed by atoms with E-state index in [2.05, 4.69) is 104 Å². The maximum absolute atomic E-state index is 13.0. The molecule has 3 N–H and O–H groups in total. The monoisotopic (exact) mass is 970 g/mol. The summed E-state index contributed by atoms with van der Waals surface area (Å²) in [4.78, 5) is 23.3. The number of nitrogens with zero attached hydrogens (tertiary/aromatic N) is 1. The first-order valence-corrected chi connectivity index (χ1v) is 29.1. The Morgan fingerprint density at radius 1 is 0.515 bits per heavy atom. The van der Waals surface area contributed by atoms with Crippen molar-refractivity contribution < 1.29 is 32.9 Å². The summed E-state index contributed by atoms with van der Waals surface area (Å²) >= 11 is 0. The average Bonchev–Trinajstić information content (AvgIpc) is 3.30. The second-order valence-electron chi connectivity index (χ2n) is 19.6. The number of quaternary nitrogens is 1. The van der Waals surface area contributed by atoms with E-state index in [1.54, 1.807) is 6.08 Å². The van der Waals surface area contributed by atoms with Crippen molar-refractivity contribution in [2.45, 2.75) is 231 Å². The SMILES string of the molecule is CC/C=C\C/C=C\C/C=C\C/C=C\C/C=C\C/C=C\CCCCCCCCCCCCC(=O)NC(COP(=O)(O)OCC[N+](C)(C)C)C(O)/C=C/CC/C=C/CCCCCCCCCCCCC. The van der Waals surface area contributed by atoms with E-state index in [9.17, 15) is 19.4 Å². The summed E-state index contributed by atoms with van der Waals surface area (Å²) in [7, 11) is 1.54. The van der Waals surface area contributed by atoms with Gasteiger partial charge in [-0.05, 0) is 83.5 Å². The van der Waals surface area contributed by atoms with Crippen LogP contribution in [0.2, 0.25) is 0 Å². The maximum atomic E-state index is 13.0. The van der Waals surface area contributed by atoms with Crippen molar-refractivity contribution in [3.63, 3.8) is 0 Å². The highest BCUT2D eigenvalue weighted by Gasteiger charge is 2.27. The Kier molecular flexibility index (Phi) is 47.5.